The number of fused-ring (bicyclic) bond motifs is 1. The zero-order valence-corrected chi connectivity index (χ0v) is 13.7. The third-order valence-corrected chi connectivity index (χ3v) is 4.49. The normalized spacial score (nSPS) is 11.7. The molecule has 0 aliphatic carbocycles. The number of benzene rings is 2. The van der Waals surface area contributed by atoms with Crippen molar-refractivity contribution >= 4 is 22.8 Å². The fourth-order valence-corrected chi connectivity index (χ4v) is 3.21. The first-order valence-corrected chi connectivity index (χ1v) is 8.16. The van der Waals surface area contributed by atoms with Gasteiger partial charge in [-0.15, -0.1) is 0 Å². The van der Waals surface area contributed by atoms with Gasteiger partial charge in [-0.2, -0.15) is 8.75 Å². The molecule has 0 spiro atoms. The van der Waals surface area contributed by atoms with Crippen molar-refractivity contribution in [2.75, 3.05) is 0 Å². The highest BCUT2D eigenvalue weighted by molar-refractivity contribution is 7.00. The third-order valence-electron chi connectivity index (χ3n) is 3.96. The summed E-state index contributed by atoms with van der Waals surface area (Å²) in [5, 5.41) is 0. The summed E-state index contributed by atoms with van der Waals surface area (Å²) in [4.78, 5) is 0. The number of nitrogens with zero attached hydrogens (tertiary/aromatic N) is 2. The zero-order chi connectivity index (χ0) is 15.0. The molecule has 2 aromatic carbocycles. The molecule has 0 aliphatic heterocycles. The van der Waals surface area contributed by atoms with Crippen molar-refractivity contribution in [3.63, 3.8) is 0 Å². The van der Waals surface area contributed by atoms with Crippen LogP contribution in [0, 0.1) is 0 Å². The molecule has 21 heavy (non-hydrogen) atoms. The van der Waals surface area contributed by atoms with E-state index in [0.717, 1.165) is 11.0 Å². The summed E-state index contributed by atoms with van der Waals surface area (Å²) in [5.74, 6) is 1.03. The Morgan fingerprint density at radius 1 is 0.762 bits per heavy atom. The van der Waals surface area contributed by atoms with Gasteiger partial charge in [-0.25, -0.2) is 0 Å². The van der Waals surface area contributed by atoms with Crippen molar-refractivity contribution in [3.05, 3.63) is 47.5 Å². The van der Waals surface area contributed by atoms with Gasteiger partial charge in [-0.05, 0) is 28.5 Å². The highest BCUT2D eigenvalue weighted by Crippen LogP contribution is 2.33. The van der Waals surface area contributed by atoms with Gasteiger partial charge in [0.05, 0.1) is 11.7 Å². The van der Waals surface area contributed by atoms with Crippen LogP contribution in [0.2, 0.25) is 0 Å². The summed E-state index contributed by atoms with van der Waals surface area (Å²) in [6, 6.07) is 13.2. The molecule has 3 heteroatoms. The van der Waals surface area contributed by atoms with Crippen molar-refractivity contribution in [3.8, 4) is 11.1 Å². The van der Waals surface area contributed by atoms with E-state index in [4.69, 9.17) is 0 Å². The Morgan fingerprint density at radius 3 is 2.05 bits per heavy atom. The van der Waals surface area contributed by atoms with Gasteiger partial charge in [-0.3, -0.25) is 0 Å². The molecule has 0 saturated heterocycles. The number of hydrogen-bond donors (Lipinski definition) is 0. The van der Waals surface area contributed by atoms with E-state index in [0.29, 0.717) is 11.8 Å². The molecule has 0 saturated carbocycles. The molecule has 0 bridgehead atoms. The molecule has 108 valence electrons. The average molecular weight is 296 g/mol. The van der Waals surface area contributed by atoms with Gasteiger partial charge in [0.1, 0.15) is 11.0 Å². The fourth-order valence-electron chi connectivity index (χ4n) is 2.63. The largest absolute Gasteiger partial charge is 0.173 e. The Hall–Kier alpha value is -1.74. The Morgan fingerprint density at radius 2 is 1.43 bits per heavy atom. The van der Waals surface area contributed by atoms with Gasteiger partial charge in [0, 0.05) is 5.56 Å². The van der Waals surface area contributed by atoms with E-state index >= 15 is 0 Å². The summed E-state index contributed by atoms with van der Waals surface area (Å²) in [6.45, 7) is 8.83. The van der Waals surface area contributed by atoms with Crippen LogP contribution in [0.25, 0.3) is 22.2 Å². The van der Waals surface area contributed by atoms with Gasteiger partial charge in [0.2, 0.25) is 0 Å². The van der Waals surface area contributed by atoms with E-state index in [1.165, 1.54) is 34.0 Å². The minimum absolute atomic E-state index is 0.466. The molecule has 0 amide bonds. The molecule has 1 aromatic heterocycles. The molecule has 0 aliphatic rings. The lowest BCUT2D eigenvalue weighted by molar-refractivity contribution is 0.867. The molecule has 0 fully saturated rings. The van der Waals surface area contributed by atoms with Gasteiger partial charge in [0.25, 0.3) is 0 Å². The van der Waals surface area contributed by atoms with Crippen molar-refractivity contribution in [1.29, 1.82) is 0 Å². The van der Waals surface area contributed by atoms with Crippen LogP contribution in [0.15, 0.2) is 36.4 Å². The van der Waals surface area contributed by atoms with E-state index in [-0.39, 0.29) is 0 Å². The molecular weight excluding hydrogens is 276 g/mol. The molecule has 0 radical (unpaired) electrons. The molecule has 3 aromatic rings. The molecule has 0 atom stereocenters. The SMILES string of the molecule is CC(C)c1ccc(-c2ccc(C(C)C)c3nsnc23)cc1. The highest BCUT2D eigenvalue weighted by atomic mass is 32.1. The van der Waals surface area contributed by atoms with Gasteiger partial charge >= 0.3 is 0 Å². The maximum Gasteiger partial charge on any atom is 0.112 e. The number of hydrogen-bond acceptors (Lipinski definition) is 3. The van der Waals surface area contributed by atoms with Crippen LogP contribution in [0.1, 0.15) is 50.7 Å². The smallest absolute Gasteiger partial charge is 0.112 e. The monoisotopic (exact) mass is 296 g/mol. The van der Waals surface area contributed by atoms with Crippen LogP contribution in [0.5, 0.6) is 0 Å². The molecular formula is C18H20N2S. The van der Waals surface area contributed by atoms with Crippen LogP contribution < -0.4 is 0 Å². The molecule has 0 N–H and O–H groups in total. The van der Waals surface area contributed by atoms with Crippen LogP contribution >= 0.6 is 11.7 Å². The topological polar surface area (TPSA) is 25.8 Å². The molecule has 0 unspecified atom stereocenters. The summed E-state index contributed by atoms with van der Waals surface area (Å²) < 4.78 is 9.03. The maximum absolute atomic E-state index is 4.53. The van der Waals surface area contributed by atoms with Crippen LogP contribution in [0.3, 0.4) is 0 Å². The predicted molar refractivity (Wildman–Crippen MR) is 91.0 cm³/mol. The number of rotatable bonds is 3. The average Bonchev–Trinajstić information content (AvgIpc) is 2.95. The van der Waals surface area contributed by atoms with Gasteiger partial charge in [-0.1, -0.05) is 64.1 Å². The predicted octanol–water partition coefficient (Wildman–Crippen LogP) is 5.61. The summed E-state index contributed by atoms with van der Waals surface area (Å²) in [6.07, 6.45) is 0. The minimum Gasteiger partial charge on any atom is -0.173 e. The van der Waals surface area contributed by atoms with Crippen molar-refractivity contribution in [2.45, 2.75) is 39.5 Å². The third kappa shape index (κ3) is 2.58. The van der Waals surface area contributed by atoms with Crippen LogP contribution in [-0.4, -0.2) is 8.75 Å². The van der Waals surface area contributed by atoms with Crippen LogP contribution in [-0.2, 0) is 0 Å². The van der Waals surface area contributed by atoms with Crippen molar-refractivity contribution < 1.29 is 0 Å². The Kier molecular flexibility index (Phi) is 3.77. The maximum atomic E-state index is 4.53. The lowest BCUT2D eigenvalue weighted by Gasteiger charge is -2.10. The first kappa shape index (κ1) is 14.2. The summed E-state index contributed by atoms with van der Waals surface area (Å²) in [5.41, 5.74) is 7.13. The fraction of sp³-hybridized carbons (Fsp3) is 0.333. The second-order valence-corrected chi connectivity index (χ2v) is 6.62. The van der Waals surface area contributed by atoms with Crippen LogP contribution in [0.4, 0.5) is 0 Å². The Balaban J connectivity index is 2.13. The van der Waals surface area contributed by atoms with E-state index in [9.17, 15) is 0 Å². The van der Waals surface area contributed by atoms with Crippen molar-refractivity contribution in [2.24, 2.45) is 0 Å². The lowest BCUT2D eigenvalue weighted by Crippen LogP contribution is -1.92. The van der Waals surface area contributed by atoms with E-state index in [1.807, 2.05) is 0 Å². The minimum atomic E-state index is 0.466. The first-order chi connectivity index (χ1) is 10.1. The Labute approximate surface area is 130 Å². The molecule has 2 nitrogen and oxygen atoms in total. The standard InChI is InChI=1S/C18H20N2S/c1-11(2)13-5-7-14(8-6-13)16-10-9-15(12(3)4)17-18(16)20-21-19-17/h5-12H,1-4H3. The van der Waals surface area contributed by atoms with E-state index in [2.05, 4.69) is 72.8 Å². The quantitative estimate of drug-likeness (QED) is 0.628. The summed E-state index contributed by atoms with van der Waals surface area (Å²) >= 11 is 1.30. The zero-order valence-electron chi connectivity index (χ0n) is 12.9. The second kappa shape index (κ2) is 5.57. The van der Waals surface area contributed by atoms with E-state index in [1.54, 1.807) is 0 Å². The lowest BCUT2D eigenvalue weighted by atomic mass is 9.94. The first-order valence-electron chi connectivity index (χ1n) is 7.43. The highest BCUT2D eigenvalue weighted by Gasteiger charge is 2.13. The summed E-state index contributed by atoms with van der Waals surface area (Å²) in [7, 11) is 0. The van der Waals surface area contributed by atoms with Crippen molar-refractivity contribution in [1.82, 2.24) is 8.75 Å². The Bertz CT molecular complexity index is 754. The van der Waals surface area contributed by atoms with E-state index < -0.39 is 0 Å². The molecule has 3 rings (SSSR count). The second-order valence-electron chi connectivity index (χ2n) is 6.10. The number of aromatic nitrogens is 2. The van der Waals surface area contributed by atoms with Gasteiger partial charge < -0.3 is 0 Å². The van der Waals surface area contributed by atoms with Gasteiger partial charge in [0.15, 0.2) is 0 Å². The molecule has 1 heterocycles.